The largest absolute Gasteiger partial charge is 0.465 e. The summed E-state index contributed by atoms with van der Waals surface area (Å²) in [7, 11) is 0. The minimum absolute atomic E-state index is 0.116. The lowest BCUT2D eigenvalue weighted by Crippen LogP contribution is -2.35. The summed E-state index contributed by atoms with van der Waals surface area (Å²) in [4.78, 5) is 55.0. The van der Waals surface area contributed by atoms with Crippen LogP contribution < -0.4 is 4.80 Å². The van der Waals surface area contributed by atoms with Gasteiger partial charge in [0.25, 0.3) is 17.7 Å². The fourth-order valence-corrected chi connectivity index (χ4v) is 4.88. The number of fused-ring (bicyclic) bond motifs is 2. The summed E-state index contributed by atoms with van der Waals surface area (Å²) in [6.45, 7) is 1.35. The van der Waals surface area contributed by atoms with Gasteiger partial charge in [-0.1, -0.05) is 39.4 Å². The number of aromatic nitrogens is 1. The van der Waals surface area contributed by atoms with Crippen LogP contribution in [0.4, 0.5) is 0 Å². The van der Waals surface area contributed by atoms with Crippen LogP contribution in [0.15, 0.2) is 51.9 Å². The molecule has 8 nitrogen and oxygen atoms in total. The average molecular weight is 502 g/mol. The van der Waals surface area contributed by atoms with Gasteiger partial charge in [0.2, 0.25) is 0 Å². The molecule has 0 saturated carbocycles. The monoisotopic (exact) mass is 501 g/mol. The predicted octanol–water partition coefficient (Wildman–Crippen LogP) is 2.75. The zero-order valence-electron chi connectivity index (χ0n) is 16.3. The number of ether oxygens (including phenoxy) is 1. The number of rotatable bonds is 5. The van der Waals surface area contributed by atoms with Gasteiger partial charge >= 0.3 is 5.97 Å². The highest BCUT2D eigenvalue weighted by Crippen LogP contribution is 2.23. The average Bonchev–Trinajstić information content (AvgIpc) is 3.18. The van der Waals surface area contributed by atoms with E-state index in [0.29, 0.717) is 5.52 Å². The summed E-state index contributed by atoms with van der Waals surface area (Å²) in [5.74, 6) is -2.18. The molecular weight excluding hydrogens is 486 g/mol. The molecule has 0 radical (unpaired) electrons. The summed E-state index contributed by atoms with van der Waals surface area (Å²) in [5, 5.41) is 0. The van der Waals surface area contributed by atoms with E-state index in [1.807, 2.05) is 18.2 Å². The number of amides is 3. The highest BCUT2D eigenvalue weighted by Gasteiger charge is 2.36. The Morgan fingerprint density at radius 3 is 2.39 bits per heavy atom. The molecule has 0 atom stereocenters. The third-order valence-corrected chi connectivity index (χ3v) is 6.16. The van der Waals surface area contributed by atoms with E-state index in [-0.39, 0.29) is 29.1 Å². The van der Waals surface area contributed by atoms with E-state index < -0.39 is 30.2 Å². The first-order valence-corrected chi connectivity index (χ1v) is 11.0. The van der Waals surface area contributed by atoms with Crippen molar-refractivity contribution in [2.45, 2.75) is 13.5 Å². The zero-order chi connectivity index (χ0) is 22.1. The summed E-state index contributed by atoms with van der Waals surface area (Å²) >= 11 is 4.63. The number of hydrogen-bond donors (Lipinski definition) is 0. The number of hydrogen-bond acceptors (Lipinski definition) is 6. The minimum Gasteiger partial charge on any atom is -0.465 e. The lowest BCUT2D eigenvalue weighted by atomic mass is 10.1. The maximum atomic E-state index is 12.7. The molecule has 2 heterocycles. The first-order valence-electron chi connectivity index (χ1n) is 9.36. The number of benzene rings is 2. The number of halogens is 1. The second-order valence-corrected chi connectivity index (χ2v) is 8.56. The minimum atomic E-state index is -0.669. The summed E-state index contributed by atoms with van der Waals surface area (Å²) in [6, 6.07) is 11.9. The van der Waals surface area contributed by atoms with Crippen molar-refractivity contribution in [2.75, 3.05) is 13.2 Å². The molecule has 0 fully saturated rings. The van der Waals surface area contributed by atoms with Crippen LogP contribution in [0.3, 0.4) is 0 Å². The van der Waals surface area contributed by atoms with Crippen LogP contribution in [-0.2, 0) is 20.9 Å². The van der Waals surface area contributed by atoms with Crippen LogP contribution in [0.1, 0.15) is 27.6 Å². The van der Waals surface area contributed by atoms with Crippen molar-refractivity contribution in [3.8, 4) is 0 Å². The highest BCUT2D eigenvalue weighted by molar-refractivity contribution is 9.10. The van der Waals surface area contributed by atoms with Crippen molar-refractivity contribution >= 4 is 61.2 Å². The molecule has 0 saturated heterocycles. The number of nitrogens with zero attached hydrogens (tertiary/aromatic N) is 3. The number of imide groups is 1. The third kappa shape index (κ3) is 4.08. The molecule has 0 N–H and O–H groups in total. The van der Waals surface area contributed by atoms with E-state index in [2.05, 4.69) is 20.9 Å². The smallest absolute Gasteiger partial charge is 0.326 e. The molecule has 31 heavy (non-hydrogen) atoms. The number of carbonyl (C=O) groups is 4. The van der Waals surface area contributed by atoms with Crippen LogP contribution in [0.25, 0.3) is 10.2 Å². The Morgan fingerprint density at radius 1 is 1.06 bits per heavy atom. The fraction of sp³-hybridized carbons (Fsp3) is 0.190. The molecule has 158 valence electrons. The Hall–Kier alpha value is -3.11. The summed E-state index contributed by atoms with van der Waals surface area (Å²) in [5.41, 5.74) is 1.25. The SMILES string of the molecule is CCOC(=O)Cn1c(=NC(=O)CN2C(=O)c3ccccc3C2=O)sc2cc(Br)ccc21. The quantitative estimate of drug-likeness (QED) is 0.395. The Kier molecular flexibility index (Phi) is 5.84. The van der Waals surface area contributed by atoms with Gasteiger partial charge in [0.05, 0.1) is 28.0 Å². The summed E-state index contributed by atoms with van der Waals surface area (Å²) < 4.78 is 8.27. The van der Waals surface area contributed by atoms with Gasteiger partial charge in [-0.2, -0.15) is 4.99 Å². The van der Waals surface area contributed by atoms with Gasteiger partial charge < -0.3 is 9.30 Å². The Balaban J connectivity index is 1.67. The number of carbonyl (C=O) groups excluding carboxylic acids is 4. The molecule has 10 heteroatoms. The fourth-order valence-electron chi connectivity index (χ4n) is 3.28. The Morgan fingerprint density at radius 2 is 1.74 bits per heavy atom. The van der Waals surface area contributed by atoms with Crippen LogP contribution in [-0.4, -0.2) is 46.3 Å². The van der Waals surface area contributed by atoms with Gasteiger partial charge in [-0.3, -0.25) is 24.1 Å². The first-order chi connectivity index (χ1) is 14.9. The summed E-state index contributed by atoms with van der Waals surface area (Å²) in [6.07, 6.45) is 0. The lowest BCUT2D eigenvalue weighted by Gasteiger charge is -2.10. The van der Waals surface area contributed by atoms with E-state index in [1.165, 1.54) is 11.3 Å². The molecular formula is C21H16BrN3O5S. The van der Waals surface area contributed by atoms with Gasteiger partial charge in [0.1, 0.15) is 13.1 Å². The van der Waals surface area contributed by atoms with E-state index in [4.69, 9.17) is 4.74 Å². The molecule has 4 rings (SSSR count). The molecule has 1 aliphatic heterocycles. The zero-order valence-corrected chi connectivity index (χ0v) is 18.7. The predicted molar refractivity (Wildman–Crippen MR) is 117 cm³/mol. The number of esters is 1. The van der Waals surface area contributed by atoms with Crippen molar-refractivity contribution in [1.29, 1.82) is 0 Å². The molecule has 3 amide bonds. The lowest BCUT2D eigenvalue weighted by molar-refractivity contribution is -0.143. The second kappa shape index (κ2) is 8.56. The van der Waals surface area contributed by atoms with E-state index >= 15 is 0 Å². The van der Waals surface area contributed by atoms with Crippen LogP contribution in [0, 0.1) is 0 Å². The molecule has 0 unspecified atom stereocenters. The van der Waals surface area contributed by atoms with Gasteiger partial charge in [-0.25, -0.2) is 0 Å². The number of thiazole rings is 1. The normalized spacial score (nSPS) is 13.7. The van der Waals surface area contributed by atoms with Crippen molar-refractivity contribution in [1.82, 2.24) is 9.47 Å². The van der Waals surface area contributed by atoms with Crippen LogP contribution >= 0.6 is 27.3 Å². The van der Waals surface area contributed by atoms with Crippen molar-refractivity contribution in [2.24, 2.45) is 4.99 Å². The van der Waals surface area contributed by atoms with Crippen LogP contribution in [0.5, 0.6) is 0 Å². The highest BCUT2D eigenvalue weighted by atomic mass is 79.9. The van der Waals surface area contributed by atoms with Gasteiger partial charge in [0, 0.05) is 4.47 Å². The molecule has 0 spiro atoms. The van der Waals surface area contributed by atoms with Crippen molar-refractivity contribution in [3.05, 3.63) is 62.9 Å². The second-order valence-electron chi connectivity index (χ2n) is 6.64. The van der Waals surface area contributed by atoms with Crippen molar-refractivity contribution < 1.29 is 23.9 Å². The molecule has 0 aliphatic carbocycles. The maximum Gasteiger partial charge on any atom is 0.326 e. The van der Waals surface area contributed by atoms with Gasteiger partial charge in [-0.15, -0.1) is 0 Å². The standard InChI is InChI=1S/C21H16BrN3O5S/c1-2-30-18(27)11-24-15-8-7-12(22)9-16(15)31-21(24)23-17(26)10-25-19(28)13-5-3-4-6-14(13)20(25)29/h3-9H,2,10-11H2,1H3. The topological polar surface area (TPSA) is 98.0 Å². The van der Waals surface area contributed by atoms with Crippen molar-refractivity contribution in [3.63, 3.8) is 0 Å². The molecule has 1 aliphatic rings. The van der Waals surface area contributed by atoms with E-state index in [0.717, 1.165) is 14.1 Å². The Bertz CT molecular complexity index is 1270. The Labute approximate surface area is 188 Å². The third-order valence-electron chi connectivity index (χ3n) is 4.63. The van der Waals surface area contributed by atoms with Crippen LogP contribution in [0.2, 0.25) is 0 Å². The van der Waals surface area contributed by atoms with Gasteiger partial charge in [-0.05, 0) is 37.3 Å². The van der Waals surface area contributed by atoms with E-state index in [9.17, 15) is 19.2 Å². The molecule has 3 aromatic rings. The first kappa shape index (κ1) is 21.1. The van der Waals surface area contributed by atoms with Gasteiger partial charge in [0.15, 0.2) is 4.80 Å². The van der Waals surface area contributed by atoms with E-state index in [1.54, 1.807) is 35.8 Å². The molecule has 1 aromatic heterocycles. The molecule has 0 bridgehead atoms. The molecule has 2 aromatic carbocycles. The maximum absolute atomic E-state index is 12.7.